The molecule has 19 heavy (non-hydrogen) atoms. The highest BCUT2D eigenvalue weighted by Crippen LogP contribution is 2.31. The van der Waals surface area contributed by atoms with E-state index in [1.54, 1.807) is 0 Å². The topological polar surface area (TPSA) is 42.2 Å². The predicted molar refractivity (Wildman–Crippen MR) is 78.0 cm³/mol. The number of rotatable bonds is 2. The van der Waals surface area contributed by atoms with Crippen LogP contribution in [0.15, 0.2) is 24.4 Å². The Bertz CT molecular complexity index is 630. The van der Waals surface area contributed by atoms with Crippen molar-refractivity contribution in [1.82, 2.24) is 4.57 Å². The van der Waals surface area contributed by atoms with Crippen LogP contribution in [0.4, 0.5) is 0 Å². The Balaban J connectivity index is 2.82. The maximum atomic E-state index is 11.6. The Morgan fingerprint density at radius 3 is 2.37 bits per heavy atom. The van der Waals surface area contributed by atoms with Crippen LogP contribution in [0.2, 0.25) is 0 Å². The first-order chi connectivity index (χ1) is 8.71. The van der Waals surface area contributed by atoms with Crippen molar-refractivity contribution in [3.8, 4) is 0 Å². The van der Waals surface area contributed by atoms with E-state index in [1.165, 1.54) is 0 Å². The van der Waals surface area contributed by atoms with Crippen LogP contribution >= 0.6 is 0 Å². The van der Waals surface area contributed by atoms with Crippen molar-refractivity contribution < 1.29 is 9.90 Å². The average molecular weight is 259 g/mol. The summed E-state index contributed by atoms with van der Waals surface area (Å²) in [6.07, 6.45) is 1.97. The molecule has 0 aliphatic rings. The van der Waals surface area contributed by atoms with E-state index in [0.29, 0.717) is 5.56 Å². The molecule has 0 atom stereocenters. The standard InChI is InChI=1S/C16H21NO2/c1-10(2)17-7-6-11-8-12(16(3,4)5)9-13(14(11)17)15(18)19/h6-10H,1-5H3,(H,18,19). The predicted octanol–water partition coefficient (Wildman–Crippen LogP) is 4.22. The van der Waals surface area contributed by atoms with Crippen LogP contribution in [-0.2, 0) is 5.41 Å². The SMILES string of the molecule is CC(C)n1ccc2cc(C(C)(C)C)cc(C(=O)O)c21. The summed E-state index contributed by atoms with van der Waals surface area (Å²) in [4.78, 5) is 11.6. The molecule has 0 spiro atoms. The minimum atomic E-state index is -0.864. The van der Waals surface area contributed by atoms with Crippen molar-refractivity contribution >= 4 is 16.9 Å². The molecule has 1 aromatic carbocycles. The molecular weight excluding hydrogens is 238 g/mol. The largest absolute Gasteiger partial charge is 0.478 e. The van der Waals surface area contributed by atoms with E-state index in [0.717, 1.165) is 16.5 Å². The number of aromatic carboxylic acids is 1. The molecule has 0 aliphatic carbocycles. The fraction of sp³-hybridized carbons (Fsp3) is 0.438. The molecule has 0 fully saturated rings. The second-order valence-electron chi connectivity index (χ2n) is 6.33. The Morgan fingerprint density at radius 1 is 1.26 bits per heavy atom. The average Bonchev–Trinajstić information content (AvgIpc) is 2.69. The number of fused-ring (bicyclic) bond motifs is 1. The highest BCUT2D eigenvalue weighted by Gasteiger charge is 2.20. The van der Waals surface area contributed by atoms with E-state index < -0.39 is 5.97 Å². The molecule has 0 radical (unpaired) electrons. The lowest BCUT2D eigenvalue weighted by Crippen LogP contribution is -2.13. The van der Waals surface area contributed by atoms with Crippen LogP contribution in [0.25, 0.3) is 10.9 Å². The number of carboxylic acid groups (broad SMARTS) is 1. The minimum absolute atomic E-state index is 0.0572. The first-order valence-electron chi connectivity index (χ1n) is 6.60. The van der Waals surface area contributed by atoms with Crippen LogP contribution < -0.4 is 0 Å². The molecule has 0 aliphatic heterocycles. The van der Waals surface area contributed by atoms with Crippen LogP contribution in [0.1, 0.15) is 56.6 Å². The van der Waals surface area contributed by atoms with Crippen LogP contribution in [0.3, 0.4) is 0 Å². The monoisotopic (exact) mass is 259 g/mol. The number of nitrogens with zero attached hydrogens (tertiary/aromatic N) is 1. The number of aromatic nitrogens is 1. The lowest BCUT2D eigenvalue weighted by Gasteiger charge is -2.21. The van der Waals surface area contributed by atoms with Crippen molar-refractivity contribution in [3.63, 3.8) is 0 Å². The van der Waals surface area contributed by atoms with E-state index in [4.69, 9.17) is 0 Å². The fourth-order valence-corrected chi connectivity index (χ4v) is 2.33. The van der Waals surface area contributed by atoms with Gasteiger partial charge in [-0.25, -0.2) is 4.79 Å². The minimum Gasteiger partial charge on any atom is -0.478 e. The third kappa shape index (κ3) is 2.37. The van der Waals surface area contributed by atoms with Crippen molar-refractivity contribution in [3.05, 3.63) is 35.5 Å². The Kier molecular flexibility index (Phi) is 3.17. The summed E-state index contributed by atoms with van der Waals surface area (Å²) in [5.41, 5.74) is 2.20. The Hall–Kier alpha value is -1.77. The van der Waals surface area contributed by atoms with Gasteiger partial charge in [0.05, 0.1) is 11.1 Å². The van der Waals surface area contributed by atoms with Gasteiger partial charge in [0, 0.05) is 17.6 Å². The highest BCUT2D eigenvalue weighted by atomic mass is 16.4. The van der Waals surface area contributed by atoms with Crippen LogP contribution in [0, 0.1) is 0 Å². The van der Waals surface area contributed by atoms with Crippen molar-refractivity contribution in [2.45, 2.75) is 46.1 Å². The molecule has 0 bridgehead atoms. The lowest BCUT2D eigenvalue weighted by atomic mass is 9.85. The van der Waals surface area contributed by atoms with E-state index in [-0.39, 0.29) is 11.5 Å². The van der Waals surface area contributed by atoms with Crippen LogP contribution in [0.5, 0.6) is 0 Å². The zero-order chi connectivity index (χ0) is 14.4. The first kappa shape index (κ1) is 13.7. The van der Waals surface area contributed by atoms with Gasteiger partial charge in [-0.15, -0.1) is 0 Å². The summed E-state index contributed by atoms with van der Waals surface area (Å²) in [5.74, 6) is -0.864. The van der Waals surface area contributed by atoms with Gasteiger partial charge in [0.15, 0.2) is 0 Å². The summed E-state index contributed by atoms with van der Waals surface area (Å²) in [6, 6.07) is 6.15. The van der Waals surface area contributed by atoms with E-state index in [9.17, 15) is 9.90 Å². The lowest BCUT2D eigenvalue weighted by molar-refractivity contribution is 0.0698. The molecule has 2 aromatic rings. The fourth-order valence-electron chi connectivity index (χ4n) is 2.33. The maximum Gasteiger partial charge on any atom is 0.337 e. The second-order valence-corrected chi connectivity index (χ2v) is 6.33. The molecule has 0 amide bonds. The third-order valence-electron chi connectivity index (χ3n) is 3.47. The first-order valence-corrected chi connectivity index (χ1v) is 6.60. The summed E-state index contributed by atoms with van der Waals surface area (Å²) >= 11 is 0. The summed E-state index contributed by atoms with van der Waals surface area (Å²) < 4.78 is 2.02. The molecular formula is C16H21NO2. The number of benzene rings is 1. The normalized spacial score (nSPS) is 12.3. The van der Waals surface area contributed by atoms with Crippen molar-refractivity contribution in [2.24, 2.45) is 0 Å². The van der Waals surface area contributed by atoms with Gasteiger partial charge in [-0.3, -0.25) is 0 Å². The second kappa shape index (κ2) is 4.41. The van der Waals surface area contributed by atoms with Crippen LogP contribution in [-0.4, -0.2) is 15.6 Å². The Morgan fingerprint density at radius 2 is 1.89 bits per heavy atom. The van der Waals surface area contributed by atoms with Crippen molar-refractivity contribution in [2.75, 3.05) is 0 Å². The zero-order valence-corrected chi connectivity index (χ0v) is 12.2. The summed E-state index contributed by atoms with van der Waals surface area (Å²) in [7, 11) is 0. The number of hydrogen-bond donors (Lipinski definition) is 1. The number of carboxylic acids is 1. The third-order valence-corrected chi connectivity index (χ3v) is 3.47. The molecule has 0 saturated carbocycles. The zero-order valence-electron chi connectivity index (χ0n) is 12.2. The van der Waals surface area contributed by atoms with Gasteiger partial charge in [-0.05, 0) is 43.0 Å². The molecule has 0 unspecified atom stereocenters. The highest BCUT2D eigenvalue weighted by molar-refractivity contribution is 6.03. The van der Waals surface area contributed by atoms with E-state index >= 15 is 0 Å². The maximum absolute atomic E-state index is 11.6. The summed E-state index contributed by atoms with van der Waals surface area (Å²) in [5, 5.41) is 10.5. The molecule has 1 aromatic heterocycles. The van der Waals surface area contributed by atoms with Gasteiger partial charge in [0.25, 0.3) is 0 Å². The summed E-state index contributed by atoms with van der Waals surface area (Å²) in [6.45, 7) is 10.4. The van der Waals surface area contributed by atoms with Gasteiger partial charge in [0.2, 0.25) is 0 Å². The van der Waals surface area contributed by atoms with Gasteiger partial charge in [0.1, 0.15) is 0 Å². The number of hydrogen-bond acceptors (Lipinski definition) is 1. The van der Waals surface area contributed by atoms with Gasteiger partial charge >= 0.3 is 5.97 Å². The molecule has 3 heteroatoms. The quantitative estimate of drug-likeness (QED) is 0.877. The van der Waals surface area contributed by atoms with Crippen molar-refractivity contribution in [1.29, 1.82) is 0 Å². The molecule has 2 rings (SSSR count). The molecule has 1 heterocycles. The molecule has 1 N–H and O–H groups in total. The number of carbonyl (C=O) groups is 1. The van der Waals surface area contributed by atoms with Gasteiger partial charge < -0.3 is 9.67 Å². The molecule has 0 saturated heterocycles. The Labute approximate surface area is 113 Å². The van der Waals surface area contributed by atoms with E-state index in [2.05, 4.69) is 40.7 Å². The van der Waals surface area contributed by atoms with E-state index in [1.807, 2.05) is 22.9 Å². The molecule has 3 nitrogen and oxygen atoms in total. The molecule has 102 valence electrons. The van der Waals surface area contributed by atoms with Gasteiger partial charge in [-0.2, -0.15) is 0 Å². The van der Waals surface area contributed by atoms with Gasteiger partial charge in [-0.1, -0.05) is 20.8 Å². The smallest absolute Gasteiger partial charge is 0.337 e.